The summed E-state index contributed by atoms with van der Waals surface area (Å²) in [6.45, 7) is 8.23. The lowest BCUT2D eigenvalue weighted by atomic mass is 10.1. The van der Waals surface area contributed by atoms with E-state index in [2.05, 4.69) is 15.1 Å². The fraction of sp³-hybridized carbons (Fsp3) is 0.500. The predicted molar refractivity (Wildman–Crippen MR) is 114 cm³/mol. The van der Waals surface area contributed by atoms with E-state index in [1.54, 1.807) is 12.1 Å². The molecule has 4 rings (SSSR count). The SMILES string of the molecule is Cc1ccc(C(CNC(=O)N2CCN(c3cccc(O)c3)CC2)N2CCOCC2)o1. The first-order valence-corrected chi connectivity index (χ1v) is 10.5. The number of phenolic OH excluding ortho intramolecular Hbond substituents is 1. The molecule has 1 aromatic heterocycles. The molecule has 1 atom stereocenters. The lowest BCUT2D eigenvalue weighted by molar-refractivity contribution is 0.0119. The van der Waals surface area contributed by atoms with Gasteiger partial charge in [0.15, 0.2) is 0 Å². The van der Waals surface area contributed by atoms with Crippen LogP contribution < -0.4 is 10.2 Å². The van der Waals surface area contributed by atoms with Crippen LogP contribution in [0, 0.1) is 6.92 Å². The first-order chi connectivity index (χ1) is 14.6. The van der Waals surface area contributed by atoms with E-state index in [0.29, 0.717) is 32.8 Å². The highest BCUT2D eigenvalue weighted by molar-refractivity contribution is 5.74. The monoisotopic (exact) mass is 414 g/mol. The third-order valence-corrected chi connectivity index (χ3v) is 5.78. The molecule has 0 radical (unpaired) electrons. The summed E-state index contributed by atoms with van der Waals surface area (Å²) in [6.07, 6.45) is 0. The maximum atomic E-state index is 12.8. The van der Waals surface area contributed by atoms with Crippen LogP contribution in [-0.4, -0.2) is 80.0 Å². The Morgan fingerprint density at radius 2 is 1.87 bits per heavy atom. The second-order valence-corrected chi connectivity index (χ2v) is 7.79. The van der Waals surface area contributed by atoms with Crippen LogP contribution in [0.5, 0.6) is 5.75 Å². The summed E-state index contributed by atoms with van der Waals surface area (Å²) in [5.74, 6) is 2.01. The second-order valence-electron chi connectivity index (χ2n) is 7.79. The molecule has 2 aromatic rings. The first kappa shape index (κ1) is 20.6. The van der Waals surface area contributed by atoms with E-state index in [9.17, 15) is 9.90 Å². The molecule has 0 spiro atoms. The van der Waals surface area contributed by atoms with Crippen molar-refractivity contribution in [3.63, 3.8) is 0 Å². The van der Waals surface area contributed by atoms with E-state index in [1.165, 1.54) is 0 Å². The Hall–Kier alpha value is -2.71. The zero-order chi connectivity index (χ0) is 20.9. The van der Waals surface area contributed by atoms with E-state index >= 15 is 0 Å². The number of hydrogen-bond donors (Lipinski definition) is 2. The third kappa shape index (κ3) is 4.88. The summed E-state index contributed by atoms with van der Waals surface area (Å²) < 4.78 is 11.4. The number of ether oxygens (including phenoxy) is 1. The van der Waals surface area contributed by atoms with Gasteiger partial charge in [0.1, 0.15) is 17.3 Å². The number of nitrogens with one attached hydrogen (secondary N) is 1. The Labute approximate surface area is 177 Å². The van der Waals surface area contributed by atoms with Crippen molar-refractivity contribution in [3.8, 4) is 5.75 Å². The van der Waals surface area contributed by atoms with Crippen LogP contribution in [0.25, 0.3) is 0 Å². The second kappa shape index (κ2) is 9.40. The number of hydrogen-bond acceptors (Lipinski definition) is 6. The molecule has 0 bridgehead atoms. The number of phenols is 1. The fourth-order valence-corrected chi connectivity index (χ4v) is 4.08. The van der Waals surface area contributed by atoms with E-state index < -0.39 is 0 Å². The largest absolute Gasteiger partial charge is 0.508 e. The quantitative estimate of drug-likeness (QED) is 0.781. The zero-order valence-electron chi connectivity index (χ0n) is 17.4. The standard InChI is InChI=1S/C22H30N4O4/c1-17-5-6-21(30-17)20(25-11-13-29-14-12-25)16-23-22(28)26-9-7-24(8-10-26)18-3-2-4-19(27)15-18/h2-6,15,20,27H,7-14,16H2,1H3,(H,23,28). The smallest absolute Gasteiger partial charge is 0.317 e. The molecule has 3 heterocycles. The van der Waals surface area contributed by atoms with Gasteiger partial charge in [-0.3, -0.25) is 4.90 Å². The van der Waals surface area contributed by atoms with Crippen LogP contribution in [0.15, 0.2) is 40.8 Å². The van der Waals surface area contributed by atoms with Crippen molar-refractivity contribution in [1.29, 1.82) is 0 Å². The summed E-state index contributed by atoms with van der Waals surface area (Å²) in [4.78, 5) is 19.1. The van der Waals surface area contributed by atoms with Gasteiger partial charge < -0.3 is 29.4 Å². The Morgan fingerprint density at radius 1 is 1.10 bits per heavy atom. The number of urea groups is 1. The molecule has 2 aliphatic heterocycles. The van der Waals surface area contributed by atoms with Gasteiger partial charge in [0.2, 0.25) is 0 Å². The van der Waals surface area contributed by atoms with Crippen molar-refractivity contribution in [1.82, 2.24) is 15.1 Å². The molecule has 162 valence electrons. The highest BCUT2D eigenvalue weighted by atomic mass is 16.5. The third-order valence-electron chi connectivity index (χ3n) is 5.78. The van der Waals surface area contributed by atoms with Crippen molar-refractivity contribution >= 4 is 11.7 Å². The molecule has 2 amide bonds. The van der Waals surface area contributed by atoms with Crippen molar-refractivity contribution in [2.75, 3.05) is 63.9 Å². The van der Waals surface area contributed by atoms with E-state index in [1.807, 2.05) is 36.1 Å². The number of carbonyl (C=O) groups is 1. The molecule has 2 aliphatic rings. The number of carbonyl (C=O) groups excluding carboxylic acids is 1. The highest BCUT2D eigenvalue weighted by Gasteiger charge is 2.27. The van der Waals surface area contributed by atoms with Crippen molar-refractivity contribution in [2.45, 2.75) is 13.0 Å². The molecule has 0 aliphatic carbocycles. The Balaban J connectivity index is 1.32. The lowest BCUT2D eigenvalue weighted by Gasteiger charge is -2.37. The van der Waals surface area contributed by atoms with Gasteiger partial charge >= 0.3 is 6.03 Å². The van der Waals surface area contributed by atoms with Gasteiger partial charge in [-0.05, 0) is 31.2 Å². The normalized spacial score (nSPS) is 19.0. The minimum absolute atomic E-state index is 0.000123. The lowest BCUT2D eigenvalue weighted by Crippen LogP contribution is -2.53. The number of morpholine rings is 1. The summed E-state index contributed by atoms with van der Waals surface area (Å²) in [6, 6.07) is 11.2. The zero-order valence-corrected chi connectivity index (χ0v) is 17.4. The van der Waals surface area contributed by atoms with Gasteiger partial charge in [-0.1, -0.05) is 6.07 Å². The number of aromatic hydroxyl groups is 1. The molecule has 2 saturated heterocycles. The molecule has 0 saturated carbocycles. The van der Waals surface area contributed by atoms with Gasteiger partial charge in [0, 0.05) is 57.6 Å². The molecule has 1 aromatic carbocycles. The molecule has 1 unspecified atom stereocenters. The minimum atomic E-state index is -0.0490. The molecule has 8 nitrogen and oxygen atoms in total. The number of piperazine rings is 1. The van der Waals surface area contributed by atoms with Crippen LogP contribution in [-0.2, 0) is 4.74 Å². The Bertz CT molecular complexity index is 841. The molecule has 2 N–H and O–H groups in total. The van der Waals surface area contributed by atoms with Crippen molar-refractivity contribution in [3.05, 3.63) is 47.9 Å². The van der Waals surface area contributed by atoms with Gasteiger partial charge in [-0.2, -0.15) is 0 Å². The summed E-state index contributed by atoms with van der Waals surface area (Å²) in [5, 5.41) is 12.8. The first-order valence-electron chi connectivity index (χ1n) is 10.5. The van der Waals surface area contributed by atoms with Crippen molar-refractivity contribution < 1.29 is 19.1 Å². The van der Waals surface area contributed by atoms with Crippen LogP contribution in [0.2, 0.25) is 0 Å². The van der Waals surface area contributed by atoms with Gasteiger partial charge in [0.05, 0.1) is 19.3 Å². The van der Waals surface area contributed by atoms with Crippen LogP contribution in [0.1, 0.15) is 17.6 Å². The number of furan rings is 1. The molecule has 8 heteroatoms. The molecular formula is C22H30N4O4. The number of amides is 2. The number of anilines is 1. The van der Waals surface area contributed by atoms with Gasteiger partial charge in [-0.25, -0.2) is 4.79 Å². The number of aryl methyl sites for hydroxylation is 1. The average Bonchev–Trinajstić information content (AvgIpc) is 3.20. The molecular weight excluding hydrogens is 384 g/mol. The highest BCUT2D eigenvalue weighted by Crippen LogP contribution is 2.24. The number of nitrogens with zero attached hydrogens (tertiary/aromatic N) is 3. The van der Waals surface area contributed by atoms with E-state index in [4.69, 9.17) is 9.15 Å². The predicted octanol–water partition coefficient (Wildman–Crippen LogP) is 2.20. The average molecular weight is 415 g/mol. The Kier molecular flexibility index (Phi) is 6.44. The Morgan fingerprint density at radius 3 is 2.53 bits per heavy atom. The molecule has 2 fully saturated rings. The number of rotatable bonds is 5. The van der Waals surface area contributed by atoms with Gasteiger partial charge in [-0.15, -0.1) is 0 Å². The summed E-state index contributed by atoms with van der Waals surface area (Å²) in [5.41, 5.74) is 0.982. The van der Waals surface area contributed by atoms with Gasteiger partial charge in [0.25, 0.3) is 0 Å². The van der Waals surface area contributed by atoms with E-state index in [-0.39, 0.29) is 17.8 Å². The summed E-state index contributed by atoms with van der Waals surface area (Å²) in [7, 11) is 0. The summed E-state index contributed by atoms with van der Waals surface area (Å²) >= 11 is 0. The van der Waals surface area contributed by atoms with Crippen LogP contribution >= 0.6 is 0 Å². The maximum absolute atomic E-state index is 12.8. The van der Waals surface area contributed by atoms with Crippen molar-refractivity contribution in [2.24, 2.45) is 0 Å². The van der Waals surface area contributed by atoms with E-state index in [0.717, 1.165) is 43.4 Å². The van der Waals surface area contributed by atoms with Crippen LogP contribution in [0.4, 0.5) is 10.5 Å². The maximum Gasteiger partial charge on any atom is 0.317 e. The molecule has 30 heavy (non-hydrogen) atoms. The number of benzene rings is 1. The topological polar surface area (TPSA) is 81.4 Å². The van der Waals surface area contributed by atoms with Crippen LogP contribution in [0.3, 0.4) is 0 Å². The minimum Gasteiger partial charge on any atom is -0.508 e. The fourth-order valence-electron chi connectivity index (χ4n) is 4.08.